The first-order valence-electron chi connectivity index (χ1n) is 7.44. The van der Waals surface area contributed by atoms with Gasteiger partial charge in [0, 0.05) is 18.5 Å². The highest BCUT2D eigenvalue weighted by Crippen LogP contribution is 2.33. The van der Waals surface area contributed by atoms with Crippen LogP contribution in [0.1, 0.15) is 36.4 Å². The monoisotopic (exact) mass is 285 g/mol. The molecule has 1 aliphatic heterocycles. The molecule has 2 aromatic carbocycles. The van der Waals surface area contributed by atoms with Crippen LogP contribution in [0.3, 0.4) is 0 Å². The SMILES string of the molecule is C[C@@H](NCC1CCOc2ccccc21)c1cccc(F)c1. The molecule has 0 radical (unpaired) electrons. The lowest BCUT2D eigenvalue weighted by Gasteiger charge is -2.27. The number of benzene rings is 2. The fraction of sp³-hybridized carbons (Fsp3) is 0.333. The van der Waals surface area contributed by atoms with Crippen molar-refractivity contribution in [2.45, 2.75) is 25.3 Å². The Kier molecular flexibility index (Phi) is 4.20. The number of ether oxygens (including phenoxy) is 1. The molecule has 2 nitrogen and oxygen atoms in total. The Hall–Kier alpha value is -1.87. The third-order valence-electron chi connectivity index (χ3n) is 4.10. The fourth-order valence-corrected chi connectivity index (χ4v) is 2.84. The lowest BCUT2D eigenvalue weighted by molar-refractivity contribution is 0.263. The van der Waals surface area contributed by atoms with Gasteiger partial charge in [-0.15, -0.1) is 0 Å². The maximum absolute atomic E-state index is 13.3. The minimum absolute atomic E-state index is 0.135. The first kappa shape index (κ1) is 14.1. The van der Waals surface area contributed by atoms with Crippen LogP contribution < -0.4 is 10.1 Å². The molecular formula is C18H20FNO. The Bertz CT molecular complexity index is 614. The van der Waals surface area contributed by atoms with Gasteiger partial charge in [-0.25, -0.2) is 4.39 Å². The van der Waals surface area contributed by atoms with Gasteiger partial charge in [0.2, 0.25) is 0 Å². The Labute approximate surface area is 125 Å². The van der Waals surface area contributed by atoms with Crippen LogP contribution in [0.25, 0.3) is 0 Å². The molecule has 0 saturated carbocycles. The second kappa shape index (κ2) is 6.27. The molecule has 1 unspecified atom stereocenters. The zero-order valence-corrected chi connectivity index (χ0v) is 12.2. The van der Waals surface area contributed by atoms with E-state index in [-0.39, 0.29) is 11.9 Å². The summed E-state index contributed by atoms with van der Waals surface area (Å²) in [5.41, 5.74) is 2.25. The molecule has 3 rings (SSSR count). The van der Waals surface area contributed by atoms with Crippen LogP contribution in [-0.4, -0.2) is 13.2 Å². The number of hydrogen-bond donors (Lipinski definition) is 1. The molecule has 0 bridgehead atoms. The molecule has 21 heavy (non-hydrogen) atoms. The Morgan fingerprint density at radius 3 is 2.95 bits per heavy atom. The van der Waals surface area contributed by atoms with Crippen molar-refractivity contribution in [3.05, 3.63) is 65.5 Å². The Morgan fingerprint density at radius 1 is 1.24 bits per heavy atom. The molecule has 1 heterocycles. The normalized spacial score (nSPS) is 18.7. The third-order valence-corrected chi connectivity index (χ3v) is 4.10. The third kappa shape index (κ3) is 3.24. The smallest absolute Gasteiger partial charge is 0.123 e. The molecule has 0 fully saturated rings. The maximum atomic E-state index is 13.3. The van der Waals surface area contributed by atoms with Gasteiger partial charge in [0.05, 0.1) is 6.61 Å². The molecule has 0 amide bonds. The van der Waals surface area contributed by atoms with Crippen molar-refractivity contribution in [3.63, 3.8) is 0 Å². The van der Waals surface area contributed by atoms with Crippen LogP contribution in [-0.2, 0) is 0 Å². The molecule has 110 valence electrons. The van der Waals surface area contributed by atoms with Crippen LogP contribution in [0.4, 0.5) is 4.39 Å². The van der Waals surface area contributed by atoms with E-state index in [9.17, 15) is 4.39 Å². The lowest BCUT2D eigenvalue weighted by Crippen LogP contribution is -2.28. The maximum Gasteiger partial charge on any atom is 0.123 e. The second-order valence-electron chi connectivity index (χ2n) is 5.56. The molecular weight excluding hydrogens is 265 g/mol. The minimum Gasteiger partial charge on any atom is -0.493 e. The number of hydrogen-bond acceptors (Lipinski definition) is 2. The van der Waals surface area contributed by atoms with E-state index < -0.39 is 0 Å². The highest BCUT2D eigenvalue weighted by molar-refractivity contribution is 5.38. The van der Waals surface area contributed by atoms with E-state index in [2.05, 4.69) is 24.4 Å². The Balaban J connectivity index is 1.66. The highest BCUT2D eigenvalue weighted by atomic mass is 19.1. The summed E-state index contributed by atoms with van der Waals surface area (Å²) in [5, 5.41) is 3.51. The molecule has 2 atom stereocenters. The van der Waals surface area contributed by atoms with Crippen molar-refractivity contribution in [2.24, 2.45) is 0 Å². The van der Waals surface area contributed by atoms with E-state index in [1.54, 1.807) is 12.1 Å². The van der Waals surface area contributed by atoms with Gasteiger partial charge in [0.25, 0.3) is 0 Å². The molecule has 3 heteroatoms. The van der Waals surface area contributed by atoms with Crippen molar-refractivity contribution >= 4 is 0 Å². The predicted octanol–water partition coefficient (Wildman–Crippen LogP) is 4.04. The summed E-state index contributed by atoms with van der Waals surface area (Å²) < 4.78 is 19.0. The predicted molar refractivity (Wildman–Crippen MR) is 82.1 cm³/mol. The van der Waals surface area contributed by atoms with E-state index in [0.717, 1.165) is 30.9 Å². The van der Waals surface area contributed by atoms with E-state index in [1.807, 2.05) is 18.2 Å². The van der Waals surface area contributed by atoms with Crippen LogP contribution in [0.15, 0.2) is 48.5 Å². The summed E-state index contributed by atoms with van der Waals surface area (Å²) >= 11 is 0. The summed E-state index contributed by atoms with van der Waals surface area (Å²) in [7, 11) is 0. The van der Waals surface area contributed by atoms with Crippen molar-refractivity contribution in [2.75, 3.05) is 13.2 Å². The minimum atomic E-state index is -0.183. The molecule has 0 saturated heterocycles. The molecule has 2 aromatic rings. The first-order chi connectivity index (χ1) is 10.2. The average molecular weight is 285 g/mol. The van der Waals surface area contributed by atoms with Gasteiger partial charge < -0.3 is 10.1 Å². The van der Waals surface area contributed by atoms with Gasteiger partial charge in [0.1, 0.15) is 11.6 Å². The molecule has 0 spiro atoms. The number of nitrogens with one attached hydrogen (secondary N) is 1. The van der Waals surface area contributed by atoms with Gasteiger partial charge in [-0.05, 0) is 42.7 Å². The van der Waals surface area contributed by atoms with Crippen molar-refractivity contribution in [3.8, 4) is 5.75 Å². The fourth-order valence-electron chi connectivity index (χ4n) is 2.84. The first-order valence-corrected chi connectivity index (χ1v) is 7.44. The van der Waals surface area contributed by atoms with Gasteiger partial charge in [-0.3, -0.25) is 0 Å². The van der Waals surface area contributed by atoms with E-state index in [4.69, 9.17) is 4.74 Å². The highest BCUT2D eigenvalue weighted by Gasteiger charge is 2.21. The summed E-state index contributed by atoms with van der Waals surface area (Å²) in [6.45, 7) is 3.70. The zero-order valence-electron chi connectivity index (χ0n) is 12.2. The summed E-state index contributed by atoms with van der Waals surface area (Å²) in [6, 6.07) is 15.1. The van der Waals surface area contributed by atoms with Crippen LogP contribution in [0.5, 0.6) is 5.75 Å². The van der Waals surface area contributed by atoms with Crippen molar-refractivity contribution in [1.82, 2.24) is 5.32 Å². The van der Waals surface area contributed by atoms with Crippen LogP contribution in [0.2, 0.25) is 0 Å². The van der Waals surface area contributed by atoms with Crippen LogP contribution in [0, 0.1) is 5.82 Å². The van der Waals surface area contributed by atoms with Gasteiger partial charge in [0.15, 0.2) is 0 Å². The summed E-state index contributed by atoms with van der Waals surface area (Å²) in [6.07, 6.45) is 1.01. The quantitative estimate of drug-likeness (QED) is 0.915. The van der Waals surface area contributed by atoms with E-state index >= 15 is 0 Å². The Morgan fingerprint density at radius 2 is 2.10 bits per heavy atom. The number of halogens is 1. The lowest BCUT2D eigenvalue weighted by atomic mass is 9.92. The van der Waals surface area contributed by atoms with Crippen molar-refractivity contribution in [1.29, 1.82) is 0 Å². The van der Waals surface area contributed by atoms with Gasteiger partial charge in [-0.1, -0.05) is 30.3 Å². The van der Waals surface area contributed by atoms with E-state index in [0.29, 0.717) is 5.92 Å². The largest absolute Gasteiger partial charge is 0.493 e. The number of para-hydroxylation sites is 1. The molecule has 1 aliphatic rings. The topological polar surface area (TPSA) is 21.3 Å². The zero-order chi connectivity index (χ0) is 14.7. The second-order valence-corrected chi connectivity index (χ2v) is 5.56. The van der Waals surface area contributed by atoms with Gasteiger partial charge >= 0.3 is 0 Å². The summed E-state index contributed by atoms with van der Waals surface area (Å²) in [5.74, 6) is 1.26. The standard InChI is InChI=1S/C18H20FNO/c1-13(14-5-4-6-16(19)11-14)20-12-15-9-10-21-18-8-3-2-7-17(15)18/h2-8,11,13,15,20H,9-10,12H2,1H3/t13-,15?/m1/s1. The van der Waals surface area contributed by atoms with Crippen LogP contribution >= 0.6 is 0 Å². The molecule has 1 N–H and O–H groups in total. The van der Waals surface area contributed by atoms with Gasteiger partial charge in [-0.2, -0.15) is 0 Å². The number of rotatable bonds is 4. The average Bonchev–Trinajstić information content (AvgIpc) is 2.52. The van der Waals surface area contributed by atoms with E-state index in [1.165, 1.54) is 11.6 Å². The summed E-state index contributed by atoms with van der Waals surface area (Å²) in [4.78, 5) is 0. The molecule has 0 aromatic heterocycles. The number of fused-ring (bicyclic) bond motifs is 1. The molecule has 0 aliphatic carbocycles. The van der Waals surface area contributed by atoms with Crippen molar-refractivity contribution < 1.29 is 9.13 Å².